The van der Waals surface area contributed by atoms with Gasteiger partial charge in [0.1, 0.15) is 0 Å². The third kappa shape index (κ3) is 6.44. The summed E-state index contributed by atoms with van der Waals surface area (Å²) in [4.78, 5) is 12.2. The molecule has 2 unspecified atom stereocenters. The second-order valence-electron chi connectivity index (χ2n) is 5.09. The van der Waals surface area contributed by atoms with Gasteiger partial charge in [-0.2, -0.15) is 0 Å². The molecule has 0 spiro atoms. The number of rotatable bonds is 9. The van der Waals surface area contributed by atoms with Crippen molar-refractivity contribution in [1.82, 2.24) is 5.32 Å². The summed E-state index contributed by atoms with van der Waals surface area (Å²) < 4.78 is 0. The zero-order valence-electron chi connectivity index (χ0n) is 11.8. The Kier molecular flexibility index (Phi) is 8.93. The van der Waals surface area contributed by atoms with E-state index in [4.69, 9.17) is 0 Å². The van der Waals surface area contributed by atoms with Crippen molar-refractivity contribution >= 4 is 21.8 Å². The Balaban J connectivity index is 4.36. The highest BCUT2D eigenvalue weighted by Gasteiger charge is 2.26. The van der Waals surface area contributed by atoms with Crippen molar-refractivity contribution in [3.05, 3.63) is 0 Å². The fourth-order valence-corrected chi connectivity index (χ4v) is 2.78. The maximum absolute atomic E-state index is 12.2. The number of alkyl halides is 1. The van der Waals surface area contributed by atoms with Gasteiger partial charge in [0, 0.05) is 16.8 Å². The van der Waals surface area contributed by atoms with E-state index in [1.807, 2.05) is 0 Å². The van der Waals surface area contributed by atoms with E-state index in [-0.39, 0.29) is 17.4 Å². The molecule has 0 aliphatic rings. The number of carbonyl (C=O) groups excluding carboxylic acids is 1. The first-order chi connectivity index (χ1) is 8.02. The number of hydrogen-bond donors (Lipinski definition) is 1. The maximum atomic E-state index is 12.2. The van der Waals surface area contributed by atoms with Gasteiger partial charge < -0.3 is 5.32 Å². The van der Waals surface area contributed by atoms with Crippen LogP contribution in [-0.4, -0.2) is 16.8 Å². The third-order valence-corrected chi connectivity index (χ3v) is 4.02. The van der Waals surface area contributed by atoms with Crippen molar-refractivity contribution in [1.29, 1.82) is 0 Å². The van der Waals surface area contributed by atoms with Gasteiger partial charge in [-0.25, -0.2) is 0 Å². The molecule has 2 atom stereocenters. The Bertz CT molecular complexity index is 220. The van der Waals surface area contributed by atoms with Crippen LogP contribution in [0.15, 0.2) is 0 Å². The van der Waals surface area contributed by atoms with Gasteiger partial charge in [-0.15, -0.1) is 0 Å². The highest BCUT2D eigenvalue weighted by atomic mass is 79.9. The molecule has 0 saturated carbocycles. The molecule has 102 valence electrons. The van der Waals surface area contributed by atoms with Gasteiger partial charge in [-0.3, -0.25) is 4.79 Å². The van der Waals surface area contributed by atoms with E-state index >= 15 is 0 Å². The molecule has 0 heterocycles. The van der Waals surface area contributed by atoms with E-state index < -0.39 is 0 Å². The van der Waals surface area contributed by atoms with Gasteiger partial charge in [0.25, 0.3) is 0 Å². The summed E-state index contributed by atoms with van der Waals surface area (Å²) in [5, 5.41) is 4.17. The normalized spacial score (nSPS) is 16.3. The van der Waals surface area contributed by atoms with E-state index in [2.05, 4.69) is 48.9 Å². The second-order valence-corrected chi connectivity index (χ2v) is 5.88. The lowest BCUT2D eigenvalue weighted by Crippen LogP contribution is -2.48. The number of carbonyl (C=O) groups is 1. The summed E-state index contributed by atoms with van der Waals surface area (Å²) in [6.07, 6.45) is 6.24. The molecule has 0 aromatic carbocycles. The quantitative estimate of drug-likeness (QED) is 0.633. The van der Waals surface area contributed by atoms with E-state index in [0.29, 0.717) is 0 Å². The summed E-state index contributed by atoms with van der Waals surface area (Å²) in [5.41, 5.74) is -0.0553. The van der Waals surface area contributed by atoms with Crippen LogP contribution in [0, 0.1) is 5.92 Å². The van der Waals surface area contributed by atoms with Gasteiger partial charge >= 0.3 is 0 Å². The second kappa shape index (κ2) is 8.96. The molecule has 0 aliphatic carbocycles. The molecule has 17 heavy (non-hydrogen) atoms. The van der Waals surface area contributed by atoms with Gasteiger partial charge in [0.2, 0.25) is 5.91 Å². The Morgan fingerprint density at radius 2 is 2.00 bits per heavy atom. The van der Waals surface area contributed by atoms with Crippen molar-refractivity contribution in [2.75, 3.05) is 5.33 Å². The zero-order chi connectivity index (χ0) is 13.3. The van der Waals surface area contributed by atoms with Crippen molar-refractivity contribution in [3.63, 3.8) is 0 Å². The Hall–Kier alpha value is -0.0500. The molecular weight excluding hydrogens is 278 g/mol. The smallest absolute Gasteiger partial charge is 0.223 e. The molecule has 1 N–H and O–H groups in total. The molecule has 2 nitrogen and oxygen atoms in total. The molecular formula is C14H28BrNO. The zero-order valence-corrected chi connectivity index (χ0v) is 13.4. The van der Waals surface area contributed by atoms with Crippen LogP contribution in [0.1, 0.15) is 66.2 Å². The van der Waals surface area contributed by atoms with Crippen LogP contribution < -0.4 is 5.32 Å². The average Bonchev–Trinajstić information content (AvgIpc) is 2.30. The lowest BCUT2D eigenvalue weighted by molar-refractivity contribution is -0.127. The lowest BCUT2D eigenvalue weighted by Gasteiger charge is -2.31. The average molecular weight is 306 g/mol. The summed E-state index contributed by atoms with van der Waals surface area (Å²) >= 11 is 3.46. The van der Waals surface area contributed by atoms with Crippen LogP contribution in [0.5, 0.6) is 0 Å². The molecule has 0 aliphatic heterocycles. The molecule has 0 radical (unpaired) electrons. The van der Waals surface area contributed by atoms with Crippen LogP contribution in [0.4, 0.5) is 0 Å². The number of hydrogen-bond acceptors (Lipinski definition) is 1. The summed E-state index contributed by atoms with van der Waals surface area (Å²) in [6.45, 7) is 8.55. The molecule has 0 aromatic heterocycles. The third-order valence-electron chi connectivity index (χ3n) is 3.62. The topological polar surface area (TPSA) is 29.1 Å². The SMILES string of the molecule is CCCCC(CC)C(=O)NC(C)(CC)CCBr. The molecule has 0 rings (SSSR count). The summed E-state index contributed by atoms with van der Waals surface area (Å²) in [7, 11) is 0. The number of nitrogens with one attached hydrogen (secondary N) is 1. The molecule has 1 amide bonds. The predicted molar refractivity (Wildman–Crippen MR) is 78.6 cm³/mol. The summed E-state index contributed by atoms with van der Waals surface area (Å²) in [6, 6.07) is 0. The molecule has 0 aromatic rings. The molecule has 0 saturated heterocycles. The van der Waals surface area contributed by atoms with Gasteiger partial charge in [0.15, 0.2) is 0 Å². The van der Waals surface area contributed by atoms with Crippen LogP contribution in [0.2, 0.25) is 0 Å². The van der Waals surface area contributed by atoms with E-state index in [0.717, 1.165) is 43.9 Å². The van der Waals surface area contributed by atoms with E-state index in [1.165, 1.54) is 0 Å². The minimum absolute atomic E-state index is 0.0553. The van der Waals surface area contributed by atoms with Gasteiger partial charge in [-0.05, 0) is 32.6 Å². The Morgan fingerprint density at radius 3 is 2.41 bits per heavy atom. The standard InChI is InChI=1S/C14H28BrNO/c1-5-8-9-12(6-2)13(17)16-14(4,7-3)10-11-15/h12H,5-11H2,1-4H3,(H,16,17). The Morgan fingerprint density at radius 1 is 1.35 bits per heavy atom. The van der Waals surface area contributed by atoms with Crippen LogP contribution in [-0.2, 0) is 4.79 Å². The first kappa shape index (κ1) is 16.9. The number of amides is 1. The predicted octanol–water partition coefficient (Wildman–Crippen LogP) is 4.27. The minimum Gasteiger partial charge on any atom is -0.351 e. The fourth-order valence-electron chi connectivity index (χ4n) is 1.91. The highest BCUT2D eigenvalue weighted by molar-refractivity contribution is 9.09. The first-order valence-electron chi connectivity index (χ1n) is 6.90. The van der Waals surface area contributed by atoms with E-state index in [9.17, 15) is 4.79 Å². The van der Waals surface area contributed by atoms with Crippen LogP contribution >= 0.6 is 15.9 Å². The maximum Gasteiger partial charge on any atom is 0.223 e. The molecule has 0 bridgehead atoms. The molecule has 0 fully saturated rings. The number of halogens is 1. The molecule has 3 heteroatoms. The van der Waals surface area contributed by atoms with Crippen molar-refractivity contribution in [2.45, 2.75) is 71.8 Å². The lowest BCUT2D eigenvalue weighted by atomic mass is 9.92. The van der Waals surface area contributed by atoms with Gasteiger partial charge in [-0.1, -0.05) is 49.5 Å². The summed E-state index contributed by atoms with van der Waals surface area (Å²) in [5.74, 6) is 0.433. The van der Waals surface area contributed by atoms with Crippen LogP contribution in [0.3, 0.4) is 0 Å². The van der Waals surface area contributed by atoms with Crippen molar-refractivity contribution < 1.29 is 4.79 Å². The van der Waals surface area contributed by atoms with Crippen molar-refractivity contribution in [3.8, 4) is 0 Å². The Labute approximate surface area is 115 Å². The monoisotopic (exact) mass is 305 g/mol. The minimum atomic E-state index is -0.0553. The highest BCUT2D eigenvalue weighted by Crippen LogP contribution is 2.19. The van der Waals surface area contributed by atoms with Gasteiger partial charge in [0.05, 0.1) is 0 Å². The first-order valence-corrected chi connectivity index (χ1v) is 8.03. The van der Waals surface area contributed by atoms with E-state index in [1.54, 1.807) is 0 Å². The fraction of sp³-hybridized carbons (Fsp3) is 0.929. The number of unbranched alkanes of at least 4 members (excludes halogenated alkanes) is 1. The van der Waals surface area contributed by atoms with Crippen LogP contribution in [0.25, 0.3) is 0 Å². The largest absolute Gasteiger partial charge is 0.351 e. The van der Waals surface area contributed by atoms with Crippen molar-refractivity contribution in [2.24, 2.45) is 5.92 Å².